The third-order valence-electron chi connectivity index (χ3n) is 3.95. The van der Waals surface area contributed by atoms with Gasteiger partial charge in [0, 0.05) is 17.0 Å². The molecule has 0 aliphatic rings. The molecule has 1 heterocycles. The quantitative estimate of drug-likeness (QED) is 0.503. The first-order valence-corrected chi connectivity index (χ1v) is 9.98. The Morgan fingerprint density at radius 2 is 2.00 bits per heavy atom. The molecule has 150 valence electrons. The van der Waals surface area contributed by atoms with E-state index in [2.05, 4.69) is 10.3 Å². The Hall–Kier alpha value is -3.19. The van der Waals surface area contributed by atoms with Crippen molar-refractivity contribution in [1.29, 1.82) is 0 Å². The fraction of sp³-hybridized carbons (Fsp3) is 0.182. The number of nitrogens with one attached hydrogen (secondary N) is 1. The number of methoxy groups -OCH3 is 1. The van der Waals surface area contributed by atoms with Gasteiger partial charge in [0.05, 0.1) is 19.4 Å². The van der Waals surface area contributed by atoms with E-state index in [1.54, 1.807) is 25.3 Å². The van der Waals surface area contributed by atoms with Crippen molar-refractivity contribution in [2.75, 3.05) is 19.0 Å². The third-order valence-corrected chi connectivity index (χ3v) is 4.71. The molecule has 5 nitrogen and oxygen atoms in total. The highest BCUT2D eigenvalue weighted by atomic mass is 32.1. The van der Waals surface area contributed by atoms with Crippen molar-refractivity contribution in [2.45, 2.75) is 13.3 Å². The fourth-order valence-electron chi connectivity index (χ4n) is 2.52. The Morgan fingerprint density at radius 1 is 1.21 bits per heavy atom. The molecule has 0 spiro atoms. The van der Waals surface area contributed by atoms with Gasteiger partial charge in [0.25, 0.3) is 0 Å². The van der Waals surface area contributed by atoms with E-state index in [0.29, 0.717) is 28.9 Å². The van der Waals surface area contributed by atoms with Gasteiger partial charge in [0.2, 0.25) is 5.91 Å². The molecule has 29 heavy (non-hydrogen) atoms. The van der Waals surface area contributed by atoms with E-state index in [0.717, 1.165) is 17.5 Å². The van der Waals surface area contributed by atoms with E-state index < -0.39 is 0 Å². The fourth-order valence-corrected chi connectivity index (χ4v) is 3.25. The lowest BCUT2D eigenvalue weighted by Crippen LogP contribution is -2.07. The van der Waals surface area contributed by atoms with Crippen molar-refractivity contribution in [2.24, 2.45) is 0 Å². The predicted octanol–water partition coefficient (Wildman–Crippen LogP) is 5.40. The lowest BCUT2D eigenvalue weighted by Gasteiger charge is -2.10. The average Bonchev–Trinajstić information content (AvgIpc) is 3.19. The maximum Gasteiger partial charge on any atom is 0.250 e. The summed E-state index contributed by atoms with van der Waals surface area (Å²) >= 11 is 1.31. The first-order chi connectivity index (χ1) is 14.1. The summed E-state index contributed by atoms with van der Waals surface area (Å²) in [7, 11) is 1.58. The number of amides is 1. The largest absolute Gasteiger partial charge is 0.493 e. The van der Waals surface area contributed by atoms with Crippen LogP contribution in [-0.2, 0) is 4.79 Å². The molecule has 0 atom stereocenters. The molecule has 1 N–H and O–H groups in total. The zero-order valence-corrected chi connectivity index (χ0v) is 17.0. The number of benzene rings is 2. The Bertz CT molecular complexity index is 1000. The van der Waals surface area contributed by atoms with Crippen LogP contribution < -0.4 is 14.8 Å². The summed E-state index contributed by atoms with van der Waals surface area (Å²) < 4.78 is 24.0. The second kappa shape index (κ2) is 9.84. The van der Waals surface area contributed by atoms with Crippen molar-refractivity contribution in [3.05, 3.63) is 65.3 Å². The van der Waals surface area contributed by atoms with Crippen LogP contribution in [0.15, 0.2) is 53.9 Å². The van der Waals surface area contributed by atoms with Gasteiger partial charge < -0.3 is 9.47 Å². The number of nitrogens with zero attached hydrogens (tertiary/aromatic N) is 1. The highest BCUT2D eigenvalue weighted by Gasteiger charge is 2.08. The number of thiazole rings is 1. The Kier molecular flexibility index (Phi) is 6.97. The van der Waals surface area contributed by atoms with Crippen molar-refractivity contribution in [1.82, 2.24) is 4.98 Å². The Labute approximate surface area is 172 Å². The summed E-state index contributed by atoms with van der Waals surface area (Å²) in [6.45, 7) is 2.65. The normalized spacial score (nSPS) is 10.9. The summed E-state index contributed by atoms with van der Waals surface area (Å²) in [5, 5.41) is 5.02. The number of carbonyl (C=O) groups is 1. The minimum absolute atomic E-state index is 0.296. The van der Waals surface area contributed by atoms with Crippen LogP contribution in [0.1, 0.15) is 18.9 Å². The number of hydrogen-bond donors (Lipinski definition) is 1. The maximum atomic E-state index is 13.0. The molecule has 0 fully saturated rings. The zero-order chi connectivity index (χ0) is 20.6. The number of anilines is 1. The van der Waals surface area contributed by atoms with Gasteiger partial charge in [-0.1, -0.05) is 13.0 Å². The number of hydrogen-bond acceptors (Lipinski definition) is 5. The maximum absolute atomic E-state index is 13.0. The van der Waals surface area contributed by atoms with Gasteiger partial charge in [0.15, 0.2) is 16.6 Å². The summed E-state index contributed by atoms with van der Waals surface area (Å²) in [5.74, 6) is 0.691. The van der Waals surface area contributed by atoms with Gasteiger partial charge >= 0.3 is 0 Å². The number of aromatic nitrogens is 1. The van der Waals surface area contributed by atoms with Gasteiger partial charge in [-0.3, -0.25) is 10.1 Å². The van der Waals surface area contributed by atoms with E-state index >= 15 is 0 Å². The topological polar surface area (TPSA) is 60.5 Å². The van der Waals surface area contributed by atoms with E-state index in [1.807, 2.05) is 30.5 Å². The molecule has 0 saturated heterocycles. The molecule has 0 unspecified atom stereocenters. The molecular formula is C22H21FN2O3S. The molecule has 3 rings (SSSR count). The van der Waals surface area contributed by atoms with E-state index in [9.17, 15) is 9.18 Å². The Morgan fingerprint density at radius 3 is 2.72 bits per heavy atom. The van der Waals surface area contributed by atoms with Crippen molar-refractivity contribution in [3.63, 3.8) is 0 Å². The van der Waals surface area contributed by atoms with Crippen LogP contribution in [0.2, 0.25) is 0 Å². The lowest BCUT2D eigenvalue weighted by atomic mass is 10.2. The second-order valence-corrected chi connectivity index (χ2v) is 6.98. The molecule has 7 heteroatoms. The molecule has 1 aromatic heterocycles. The Balaban J connectivity index is 1.63. The van der Waals surface area contributed by atoms with Crippen LogP contribution >= 0.6 is 11.3 Å². The summed E-state index contributed by atoms with van der Waals surface area (Å²) in [6.07, 6.45) is 4.03. The first kappa shape index (κ1) is 20.5. The average molecular weight is 412 g/mol. The highest BCUT2D eigenvalue weighted by molar-refractivity contribution is 7.14. The summed E-state index contributed by atoms with van der Waals surface area (Å²) in [5.41, 5.74) is 2.28. The van der Waals surface area contributed by atoms with Crippen LogP contribution in [0.5, 0.6) is 11.5 Å². The number of rotatable bonds is 8. The van der Waals surface area contributed by atoms with Crippen LogP contribution in [0.3, 0.4) is 0 Å². The molecular weight excluding hydrogens is 391 g/mol. The number of carbonyl (C=O) groups excluding carboxylic acids is 1. The van der Waals surface area contributed by atoms with Gasteiger partial charge in [-0.2, -0.15) is 0 Å². The predicted molar refractivity (Wildman–Crippen MR) is 114 cm³/mol. The molecule has 0 aliphatic carbocycles. The van der Waals surface area contributed by atoms with Gasteiger partial charge in [0.1, 0.15) is 5.82 Å². The molecule has 2 aromatic carbocycles. The van der Waals surface area contributed by atoms with Crippen LogP contribution in [0, 0.1) is 5.82 Å². The monoisotopic (exact) mass is 412 g/mol. The summed E-state index contributed by atoms with van der Waals surface area (Å²) in [4.78, 5) is 16.6. The van der Waals surface area contributed by atoms with E-state index in [-0.39, 0.29) is 11.7 Å². The van der Waals surface area contributed by atoms with Crippen molar-refractivity contribution in [3.8, 4) is 22.8 Å². The zero-order valence-electron chi connectivity index (χ0n) is 16.1. The minimum Gasteiger partial charge on any atom is -0.493 e. The standard InChI is InChI=1S/C22H21FN2O3S/c1-3-12-28-19-10-4-15(13-20(19)27-2)5-11-21(26)25-22-24-18(14-29-22)16-6-8-17(23)9-7-16/h4-11,13-14H,3,12H2,1-2H3,(H,24,25,26). The first-order valence-electron chi connectivity index (χ1n) is 9.10. The van der Waals surface area contributed by atoms with Crippen LogP contribution in [0.4, 0.5) is 9.52 Å². The second-order valence-electron chi connectivity index (χ2n) is 6.13. The van der Waals surface area contributed by atoms with Gasteiger partial charge in [-0.15, -0.1) is 11.3 Å². The van der Waals surface area contributed by atoms with Gasteiger partial charge in [-0.05, 0) is 54.5 Å². The lowest BCUT2D eigenvalue weighted by molar-refractivity contribution is -0.111. The van der Waals surface area contributed by atoms with Crippen molar-refractivity contribution < 1.29 is 18.7 Å². The molecule has 0 bridgehead atoms. The minimum atomic E-state index is -0.302. The van der Waals surface area contributed by atoms with Crippen LogP contribution in [-0.4, -0.2) is 24.6 Å². The highest BCUT2D eigenvalue weighted by Crippen LogP contribution is 2.29. The third kappa shape index (κ3) is 5.65. The smallest absolute Gasteiger partial charge is 0.250 e. The number of halogens is 1. The molecule has 0 saturated carbocycles. The van der Waals surface area contributed by atoms with E-state index in [4.69, 9.17) is 9.47 Å². The molecule has 0 aliphatic heterocycles. The van der Waals surface area contributed by atoms with Gasteiger partial charge in [-0.25, -0.2) is 9.37 Å². The SMILES string of the molecule is CCCOc1ccc(C=CC(=O)Nc2nc(-c3ccc(F)cc3)cs2)cc1OC. The van der Waals surface area contributed by atoms with Crippen molar-refractivity contribution >= 4 is 28.5 Å². The summed E-state index contributed by atoms with van der Waals surface area (Å²) in [6, 6.07) is 11.5. The molecule has 0 radical (unpaired) electrons. The van der Waals surface area contributed by atoms with E-state index in [1.165, 1.54) is 29.5 Å². The molecule has 1 amide bonds. The van der Waals surface area contributed by atoms with Crippen LogP contribution in [0.25, 0.3) is 17.3 Å². The number of ether oxygens (including phenoxy) is 2. The molecule has 3 aromatic rings.